The molecule has 0 bridgehead atoms. The third-order valence-electron chi connectivity index (χ3n) is 3.14. The summed E-state index contributed by atoms with van der Waals surface area (Å²) in [7, 11) is 0. The van der Waals surface area contributed by atoms with Gasteiger partial charge in [-0.25, -0.2) is 0 Å². The largest absolute Gasteiger partial charge is 0.389 e. The van der Waals surface area contributed by atoms with E-state index in [0.29, 0.717) is 6.61 Å². The third kappa shape index (κ3) is 4.49. The normalized spacial score (nSPS) is 23.5. The Morgan fingerprint density at radius 1 is 1.37 bits per heavy atom. The van der Waals surface area contributed by atoms with Crippen molar-refractivity contribution in [3.63, 3.8) is 0 Å². The van der Waals surface area contributed by atoms with E-state index in [1.54, 1.807) is 6.92 Å². The van der Waals surface area contributed by atoms with E-state index in [2.05, 4.69) is 12.1 Å². The Morgan fingerprint density at radius 2 is 2.05 bits per heavy atom. The second-order valence-corrected chi connectivity index (χ2v) is 6.50. The molecule has 106 valence electrons. The number of thioether (sulfide) groups is 1. The van der Waals surface area contributed by atoms with Crippen LogP contribution in [0.25, 0.3) is 0 Å². The van der Waals surface area contributed by atoms with Crippen LogP contribution >= 0.6 is 11.8 Å². The van der Waals surface area contributed by atoms with Gasteiger partial charge in [0.05, 0.1) is 18.8 Å². The highest BCUT2D eigenvalue weighted by Gasteiger charge is 2.32. The molecule has 1 aliphatic rings. The maximum absolute atomic E-state index is 9.45. The highest BCUT2D eigenvalue weighted by molar-refractivity contribution is 7.99. The van der Waals surface area contributed by atoms with E-state index in [0.717, 1.165) is 17.7 Å². The van der Waals surface area contributed by atoms with Crippen LogP contribution in [0.2, 0.25) is 0 Å². The van der Waals surface area contributed by atoms with Gasteiger partial charge in [0.25, 0.3) is 0 Å². The Hall–Kier alpha value is -0.550. The minimum absolute atomic E-state index is 0.208. The van der Waals surface area contributed by atoms with Crippen molar-refractivity contribution in [2.45, 2.75) is 50.1 Å². The van der Waals surface area contributed by atoms with E-state index >= 15 is 0 Å². The lowest BCUT2D eigenvalue weighted by atomic mass is 10.1. The lowest BCUT2D eigenvalue weighted by Gasteiger charge is -2.16. The zero-order valence-corrected chi connectivity index (χ0v) is 12.6. The summed E-state index contributed by atoms with van der Waals surface area (Å²) >= 11 is 1.81. The van der Waals surface area contributed by atoms with Crippen molar-refractivity contribution in [3.05, 3.63) is 29.8 Å². The molecule has 0 amide bonds. The summed E-state index contributed by atoms with van der Waals surface area (Å²) in [5, 5.41) is 9.45. The van der Waals surface area contributed by atoms with Crippen LogP contribution in [0.4, 0.5) is 0 Å². The summed E-state index contributed by atoms with van der Waals surface area (Å²) in [4.78, 5) is 1.22. The highest BCUT2D eigenvalue weighted by atomic mass is 32.2. The second-order valence-electron chi connectivity index (χ2n) is 5.33. The first kappa shape index (κ1) is 14.9. The van der Waals surface area contributed by atoms with Gasteiger partial charge in [0, 0.05) is 10.6 Å². The summed E-state index contributed by atoms with van der Waals surface area (Å²) in [5.74, 6) is 0.590. The van der Waals surface area contributed by atoms with Gasteiger partial charge < -0.3 is 14.6 Å². The molecule has 1 heterocycles. The van der Waals surface area contributed by atoms with Crippen LogP contribution in [-0.2, 0) is 9.47 Å². The first-order chi connectivity index (χ1) is 8.96. The molecule has 1 fully saturated rings. The quantitative estimate of drug-likeness (QED) is 0.840. The van der Waals surface area contributed by atoms with Gasteiger partial charge in [-0.2, -0.15) is 0 Å². The first-order valence-electron chi connectivity index (χ1n) is 6.69. The zero-order valence-electron chi connectivity index (χ0n) is 11.8. The van der Waals surface area contributed by atoms with Crippen LogP contribution in [-0.4, -0.2) is 29.4 Å². The number of benzene rings is 1. The number of aliphatic hydroxyl groups is 1. The Bertz CT molecular complexity index is 400. The smallest absolute Gasteiger partial charge is 0.163 e. The molecular formula is C15H22O3S. The maximum atomic E-state index is 9.45. The summed E-state index contributed by atoms with van der Waals surface area (Å²) in [5.41, 5.74) is 0.957. The van der Waals surface area contributed by atoms with Crippen molar-refractivity contribution < 1.29 is 14.6 Å². The average molecular weight is 282 g/mol. The molecule has 1 aromatic carbocycles. The Kier molecular flexibility index (Phi) is 4.90. The molecule has 0 aromatic heterocycles. The van der Waals surface area contributed by atoms with Crippen molar-refractivity contribution in [2.75, 3.05) is 12.4 Å². The van der Waals surface area contributed by atoms with E-state index in [1.807, 2.05) is 37.7 Å². The topological polar surface area (TPSA) is 38.7 Å². The SMILES string of the molecule is CC(O)c1ccc(SCCC2COC(C)(C)O2)cc1. The van der Waals surface area contributed by atoms with Crippen LogP contribution in [0.15, 0.2) is 29.2 Å². The Morgan fingerprint density at radius 3 is 2.58 bits per heavy atom. The molecule has 0 saturated carbocycles. The van der Waals surface area contributed by atoms with Crippen molar-refractivity contribution in [2.24, 2.45) is 0 Å². The van der Waals surface area contributed by atoms with Crippen LogP contribution in [0.3, 0.4) is 0 Å². The molecule has 0 spiro atoms. The fourth-order valence-corrected chi connectivity index (χ4v) is 3.00. The van der Waals surface area contributed by atoms with Crippen LogP contribution in [0, 0.1) is 0 Å². The molecule has 19 heavy (non-hydrogen) atoms. The van der Waals surface area contributed by atoms with Gasteiger partial charge in [-0.05, 0) is 44.9 Å². The van der Waals surface area contributed by atoms with Gasteiger partial charge in [0.1, 0.15) is 0 Å². The minimum Gasteiger partial charge on any atom is -0.389 e. The molecular weight excluding hydrogens is 260 g/mol. The van der Waals surface area contributed by atoms with Crippen LogP contribution in [0.1, 0.15) is 38.9 Å². The molecule has 4 heteroatoms. The number of aliphatic hydroxyl groups excluding tert-OH is 1. The number of hydrogen-bond donors (Lipinski definition) is 1. The summed E-state index contributed by atoms with van der Waals surface area (Å²) < 4.78 is 11.3. The van der Waals surface area contributed by atoms with E-state index in [1.165, 1.54) is 4.90 Å². The molecule has 1 N–H and O–H groups in total. The second kappa shape index (κ2) is 6.27. The predicted octanol–water partition coefficient (Wildman–Crippen LogP) is 3.37. The third-order valence-corrected chi connectivity index (χ3v) is 4.18. The van der Waals surface area contributed by atoms with Gasteiger partial charge in [0.2, 0.25) is 0 Å². The fraction of sp³-hybridized carbons (Fsp3) is 0.600. The lowest BCUT2D eigenvalue weighted by Crippen LogP contribution is -2.21. The van der Waals surface area contributed by atoms with Gasteiger partial charge in [-0.1, -0.05) is 12.1 Å². The summed E-state index contributed by atoms with van der Waals surface area (Å²) in [6.07, 6.45) is 0.802. The fourth-order valence-electron chi connectivity index (χ4n) is 2.06. The molecule has 1 aromatic rings. The van der Waals surface area contributed by atoms with Crippen LogP contribution < -0.4 is 0 Å². The molecule has 1 saturated heterocycles. The number of rotatable bonds is 5. The Balaban J connectivity index is 1.74. The summed E-state index contributed by atoms with van der Waals surface area (Å²) in [6, 6.07) is 8.07. The summed E-state index contributed by atoms with van der Waals surface area (Å²) in [6.45, 7) is 6.37. The van der Waals surface area contributed by atoms with Crippen molar-refractivity contribution in [3.8, 4) is 0 Å². The standard InChI is InChI=1S/C15H22O3S/c1-11(16)12-4-6-14(7-5-12)19-9-8-13-10-17-15(2,3)18-13/h4-7,11,13,16H,8-10H2,1-3H3. The number of ether oxygens (including phenoxy) is 2. The van der Waals surface area contributed by atoms with E-state index in [-0.39, 0.29) is 6.10 Å². The monoisotopic (exact) mass is 282 g/mol. The molecule has 3 nitrogen and oxygen atoms in total. The average Bonchev–Trinajstić information content (AvgIpc) is 2.69. The molecule has 2 unspecified atom stereocenters. The molecule has 0 aliphatic carbocycles. The minimum atomic E-state index is -0.422. The van der Waals surface area contributed by atoms with Gasteiger partial charge in [-0.3, -0.25) is 0 Å². The first-order valence-corrected chi connectivity index (χ1v) is 7.67. The molecule has 2 atom stereocenters. The van der Waals surface area contributed by atoms with Crippen molar-refractivity contribution >= 4 is 11.8 Å². The Labute approximate surface area is 119 Å². The van der Waals surface area contributed by atoms with E-state index in [4.69, 9.17) is 9.47 Å². The van der Waals surface area contributed by atoms with E-state index < -0.39 is 11.9 Å². The van der Waals surface area contributed by atoms with Crippen LogP contribution in [0.5, 0.6) is 0 Å². The molecule has 1 aliphatic heterocycles. The maximum Gasteiger partial charge on any atom is 0.163 e. The highest BCUT2D eigenvalue weighted by Crippen LogP contribution is 2.27. The molecule has 0 radical (unpaired) electrons. The van der Waals surface area contributed by atoms with Crippen molar-refractivity contribution in [1.29, 1.82) is 0 Å². The predicted molar refractivity (Wildman–Crippen MR) is 77.3 cm³/mol. The lowest BCUT2D eigenvalue weighted by molar-refractivity contribution is -0.138. The molecule has 2 rings (SSSR count). The number of hydrogen-bond acceptors (Lipinski definition) is 4. The van der Waals surface area contributed by atoms with Gasteiger partial charge in [-0.15, -0.1) is 11.8 Å². The zero-order chi connectivity index (χ0) is 13.9. The van der Waals surface area contributed by atoms with Gasteiger partial charge in [0.15, 0.2) is 5.79 Å². The van der Waals surface area contributed by atoms with E-state index in [9.17, 15) is 5.11 Å². The van der Waals surface area contributed by atoms with Gasteiger partial charge >= 0.3 is 0 Å². The van der Waals surface area contributed by atoms with Crippen molar-refractivity contribution in [1.82, 2.24) is 0 Å².